The van der Waals surface area contributed by atoms with Crippen LogP contribution in [0.3, 0.4) is 0 Å². The summed E-state index contributed by atoms with van der Waals surface area (Å²) in [6.45, 7) is -0.158. The summed E-state index contributed by atoms with van der Waals surface area (Å²) in [7, 11) is 1.59. The van der Waals surface area contributed by atoms with Gasteiger partial charge in [-0.15, -0.1) is 5.10 Å². The van der Waals surface area contributed by atoms with Crippen LogP contribution in [0.5, 0.6) is 11.5 Å². The van der Waals surface area contributed by atoms with E-state index in [1.807, 2.05) is 60.7 Å². The molecule has 4 aromatic rings. The van der Waals surface area contributed by atoms with Gasteiger partial charge < -0.3 is 9.47 Å². The quantitative estimate of drug-likeness (QED) is 0.508. The summed E-state index contributed by atoms with van der Waals surface area (Å²) in [5.74, 6) is 1.79. The van der Waals surface area contributed by atoms with Gasteiger partial charge in [0.25, 0.3) is 5.91 Å². The molecular formula is C23H20N4O3. The van der Waals surface area contributed by atoms with Crippen LogP contribution in [-0.2, 0) is 4.79 Å². The molecule has 0 aliphatic heterocycles. The normalized spacial score (nSPS) is 10.4. The van der Waals surface area contributed by atoms with Crippen molar-refractivity contribution in [1.29, 1.82) is 0 Å². The molecule has 1 aromatic heterocycles. The van der Waals surface area contributed by atoms with E-state index in [0.29, 0.717) is 17.5 Å². The number of hydrogen-bond acceptors (Lipinski definition) is 5. The van der Waals surface area contributed by atoms with Gasteiger partial charge in [0.2, 0.25) is 5.95 Å². The first-order chi connectivity index (χ1) is 14.7. The Hall–Kier alpha value is -4.13. The van der Waals surface area contributed by atoms with E-state index in [4.69, 9.17) is 9.47 Å². The topological polar surface area (TPSA) is 78.3 Å². The Morgan fingerprint density at radius 2 is 1.53 bits per heavy atom. The number of methoxy groups -OCH3 is 1. The van der Waals surface area contributed by atoms with Gasteiger partial charge in [-0.3, -0.25) is 10.1 Å². The van der Waals surface area contributed by atoms with Crippen LogP contribution >= 0.6 is 0 Å². The molecule has 0 fully saturated rings. The van der Waals surface area contributed by atoms with Crippen molar-refractivity contribution in [2.24, 2.45) is 0 Å². The maximum Gasteiger partial charge on any atom is 0.264 e. The molecule has 150 valence electrons. The van der Waals surface area contributed by atoms with Gasteiger partial charge in [0.05, 0.1) is 12.8 Å². The summed E-state index contributed by atoms with van der Waals surface area (Å²) in [5, 5.41) is 7.37. The highest BCUT2D eigenvalue weighted by molar-refractivity contribution is 5.90. The Labute approximate surface area is 173 Å². The number of hydrogen-bond donors (Lipinski definition) is 1. The first-order valence-electron chi connectivity index (χ1n) is 9.37. The standard InChI is InChI=1S/C23H20N4O3/c1-29-19-12-14-20(15-13-19)30-16-21(28)24-23-25-22(17-8-4-2-5-9-17)26-27(23)18-10-6-3-7-11-18/h2-15H,16H2,1H3,(H,24,25,26,28). The summed E-state index contributed by atoms with van der Waals surface area (Å²) in [6, 6.07) is 26.1. The van der Waals surface area contributed by atoms with Crippen molar-refractivity contribution >= 4 is 11.9 Å². The van der Waals surface area contributed by atoms with E-state index in [1.165, 1.54) is 0 Å². The smallest absolute Gasteiger partial charge is 0.264 e. The van der Waals surface area contributed by atoms with Crippen molar-refractivity contribution in [3.05, 3.63) is 84.9 Å². The van der Waals surface area contributed by atoms with Crippen LogP contribution in [-0.4, -0.2) is 34.4 Å². The maximum absolute atomic E-state index is 12.5. The number of ether oxygens (including phenoxy) is 2. The molecule has 30 heavy (non-hydrogen) atoms. The lowest BCUT2D eigenvalue weighted by atomic mass is 10.2. The summed E-state index contributed by atoms with van der Waals surface area (Å²) in [6.07, 6.45) is 0. The van der Waals surface area contributed by atoms with Crippen LogP contribution in [0.15, 0.2) is 84.9 Å². The highest BCUT2D eigenvalue weighted by Crippen LogP contribution is 2.21. The number of anilines is 1. The van der Waals surface area contributed by atoms with Crippen molar-refractivity contribution in [1.82, 2.24) is 14.8 Å². The molecule has 1 heterocycles. The van der Waals surface area contributed by atoms with Crippen LogP contribution in [0.2, 0.25) is 0 Å². The molecule has 7 nitrogen and oxygen atoms in total. The second-order valence-electron chi connectivity index (χ2n) is 6.38. The molecular weight excluding hydrogens is 380 g/mol. The average molecular weight is 400 g/mol. The van der Waals surface area contributed by atoms with Crippen LogP contribution in [0.25, 0.3) is 17.1 Å². The van der Waals surface area contributed by atoms with Crippen molar-refractivity contribution in [3.8, 4) is 28.6 Å². The Bertz CT molecular complexity index is 1110. The fourth-order valence-electron chi connectivity index (χ4n) is 2.83. The average Bonchev–Trinajstić information content (AvgIpc) is 3.23. The van der Waals surface area contributed by atoms with Crippen molar-refractivity contribution in [2.75, 3.05) is 19.0 Å². The summed E-state index contributed by atoms with van der Waals surface area (Å²) < 4.78 is 12.3. The highest BCUT2D eigenvalue weighted by atomic mass is 16.5. The van der Waals surface area contributed by atoms with Crippen molar-refractivity contribution in [2.45, 2.75) is 0 Å². The molecule has 0 atom stereocenters. The van der Waals surface area contributed by atoms with Crippen molar-refractivity contribution in [3.63, 3.8) is 0 Å². The molecule has 4 rings (SSSR count). The maximum atomic E-state index is 12.5. The van der Waals surface area contributed by atoms with E-state index in [0.717, 1.165) is 17.0 Å². The molecule has 0 unspecified atom stereocenters. The molecule has 3 aromatic carbocycles. The Balaban J connectivity index is 1.53. The molecule has 0 saturated heterocycles. The molecule has 0 radical (unpaired) electrons. The zero-order valence-corrected chi connectivity index (χ0v) is 16.4. The molecule has 7 heteroatoms. The number of rotatable bonds is 7. The minimum atomic E-state index is -0.338. The zero-order valence-electron chi connectivity index (χ0n) is 16.4. The third-order valence-electron chi connectivity index (χ3n) is 4.32. The highest BCUT2D eigenvalue weighted by Gasteiger charge is 2.15. The molecule has 1 amide bonds. The summed E-state index contributed by atoms with van der Waals surface area (Å²) in [5.41, 5.74) is 1.65. The van der Waals surface area contributed by atoms with E-state index >= 15 is 0 Å². The van der Waals surface area contributed by atoms with Gasteiger partial charge in [0.1, 0.15) is 11.5 Å². The number of nitrogens with one attached hydrogen (secondary N) is 1. The number of amides is 1. The second-order valence-corrected chi connectivity index (χ2v) is 6.38. The molecule has 0 bridgehead atoms. The van der Waals surface area contributed by atoms with E-state index in [9.17, 15) is 4.79 Å². The largest absolute Gasteiger partial charge is 0.497 e. The van der Waals surface area contributed by atoms with Gasteiger partial charge in [-0.1, -0.05) is 48.5 Å². The number of nitrogens with zero attached hydrogens (tertiary/aromatic N) is 3. The summed E-state index contributed by atoms with van der Waals surface area (Å²) in [4.78, 5) is 17.0. The van der Waals surface area contributed by atoms with Gasteiger partial charge in [-0.05, 0) is 36.4 Å². The van der Waals surface area contributed by atoms with E-state index in [2.05, 4.69) is 15.4 Å². The van der Waals surface area contributed by atoms with Gasteiger partial charge >= 0.3 is 0 Å². The number of benzene rings is 3. The minimum absolute atomic E-state index is 0.158. The SMILES string of the molecule is COc1ccc(OCC(=O)Nc2nc(-c3ccccc3)nn2-c2ccccc2)cc1. The Kier molecular flexibility index (Phi) is 5.70. The second kappa shape index (κ2) is 8.91. The lowest BCUT2D eigenvalue weighted by Crippen LogP contribution is -2.22. The van der Waals surface area contributed by atoms with Crippen LogP contribution in [0.1, 0.15) is 0 Å². The van der Waals surface area contributed by atoms with Gasteiger partial charge in [-0.2, -0.15) is 9.67 Å². The molecule has 1 N–H and O–H groups in total. The molecule has 0 aliphatic rings. The number of para-hydroxylation sites is 1. The Morgan fingerprint density at radius 1 is 0.900 bits per heavy atom. The summed E-state index contributed by atoms with van der Waals surface area (Å²) >= 11 is 0. The molecule has 0 aliphatic carbocycles. The van der Waals surface area contributed by atoms with E-state index < -0.39 is 0 Å². The third-order valence-corrected chi connectivity index (χ3v) is 4.32. The van der Waals surface area contributed by atoms with Gasteiger partial charge in [0, 0.05) is 5.56 Å². The third kappa shape index (κ3) is 4.47. The first-order valence-corrected chi connectivity index (χ1v) is 9.37. The van der Waals surface area contributed by atoms with E-state index in [-0.39, 0.29) is 12.5 Å². The zero-order chi connectivity index (χ0) is 20.8. The fourth-order valence-corrected chi connectivity index (χ4v) is 2.83. The predicted octanol–water partition coefficient (Wildman–Crippen LogP) is 3.96. The van der Waals surface area contributed by atoms with Gasteiger partial charge in [-0.25, -0.2) is 0 Å². The molecule has 0 saturated carbocycles. The number of aromatic nitrogens is 3. The number of carbonyl (C=O) groups is 1. The fraction of sp³-hybridized carbons (Fsp3) is 0.0870. The Morgan fingerprint density at radius 3 is 2.20 bits per heavy atom. The first kappa shape index (κ1) is 19.2. The van der Waals surface area contributed by atoms with Crippen LogP contribution in [0, 0.1) is 0 Å². The minimum Gasteiger partial charge on any atom is -0.497 e. The van der Waals surface area contributed by atoms with Crippen LogP contribution < -0.4 is 14.8 Å². The lowest BCUT2D eigenvalue weighted by molar-refractivity contribution is -0.118. The molecule has 0 spiro atoms. The number of carbonyl (C=O) groups excluding carboxylic acids is 1. The predicted molar refractivity (Wildman–Crippen MR) is 114 cm³/mol. The lowest BCUT2D eigenvalue weighted by Gasteiger charge is -2.09. The van der Waals surface area contributed by atoms with Gasteiger partial charge in [0.15, 0.2) is 12.4 Å². The monoisotopic (exact) mass is 400 g/mol. The van der Waals surface area contributed by atoms with Crippen molar-refractivity contribution < 1.29 is 14.3 Å². The van der Waals surface area contributed by atoms with Crippen LogP contribution in [0.4, 0.5) is 5.95 Å². The van der Waals surface area contributed by atoms with E-state index in [1.54, 1.807) is 36.1 Å².